The molecule has 0 bridgehead atoms. The molecule has 2 rings (SSSR count). The number of nitrogens with zero attached hydrogens (tertiary/aromatic N) is 2. The van der Waals surface area contributed by atoms with Gasteiger partial charge in [0.25, 0.3) is 11.6 Å². The molecule has 1 aliphatic rings. The lowest BCUT2D eigenvalue weighted by Gasteiger charge is -2.36. The second kappa shape index (κ2) is 6.34. The first-order chi connectivity index (χ1) is 10.4. The van der Waals surface area contributed by atoms with Crippen LogP contribution in [0.15, 0.2) is 18.2 Å². The van der Waals surface area contributed by atoms with Crippen LogP contribution in [0.3, 0.4) is 0 Å². The zero-order chi connectivity index (χ0) is 16.3. The molecule has 6 nitrogen and oxygen atoms in total. The van der Waals surface area contributed by atoms with Crippen molar-refractivity contribution < 1.29 is 18.4 Å². The van der Waals surface area contributed by atoms with Gasteiger partial charge in [0.05, 0.1) is 16.9 Å². The number of nitrogens with two attached hydrogens (primary N) is 1. The third-order valence-electron chi connectivity index (χ3n) is 3.77. The largest absolute Gasteiger partial charge is 0.360 e. The molecule has 118 valence electrons. The molecular formula is C14H15F2N3O3. The molecule has 0 heterocycles. The Labute approximate surface area is 125 Å². The summed E-state index contributed by atoms with van der Waals surface area (Å²) in [5, 5.41) is 19.2. The number of nitro groups is 1. The first-order valence-corrected chi connectivity index (χ1v) is 6.72. The average Bonchev–Trinajstić information content (AvgIpc) is 2.46. The SMILES string of the molecule is N#CCOCC(F)(F)C1c2cc([N+](=O)[O-])ccc2CC[C@H]1N. The summed E-state index contributed by atoms with van der Waals surface area (Å²) in [5.41, 5.74) is 6.43. The van der Waals surface area contributed by atoms with Gasteiger partial charge in [0.15, 0.2) is 0 Å². The Kier molecular flexibility index (Phi) is 4.68. The van der Waals surface area contributed by atoms with Gasteiger partial charge in [-0.25, -0.2) is 8.78 Å². The highest BCUT2D eigenvalue weighted by Gasteiger charge is 2.47. The molecule has 2 atom stereocenters. The zero-order valence-corrected chi connectivity index (χ0v) is 11.7. The maximum absolute atomic E-state index is 14.4. The third kappa shape index (κ3) is 3.21. The van der Waals surface area contributed by atoms with Crippen LogP contribution in [-0.4, -0.2) is 30.1 Å². The second-order valence-electron chi connectivity index (χ2n) is 5.23. The Hall–Kier alpha value is -2.11. The van der Waals surface area contributed by atoms with Gasteiger partial charge < -0.3 is 10.5 Å². The lowest BCUT2D eigenvalue weighted by atomic mass is 9.76. The molecule has 0 aromatic heterocycles. The summed E-state index contributed by atoms with van der Waals surface area (Å²) in [6, 6.07) is 4.76. The molecule has 22 heavy (non-hydrogen) atoms. The number of fused-ring (bicyclic) bond motifs is 1. The van der Waals surface area contributed by atoms with Gasteiger partial charge in [-0.1, -0.05) is 6.07 Å². The summed E-state index contributed by atoms with van der Waals surface area (Å²) < 4.78 is 33.5. The van der Waals surface area contributed by atoms with Crippen molar-refractivity contribution in [2.45, 2.75) is 30.7 Å². The third-order valence-corrected chi connectivity index (χ3v) is 3.77. The van der Waals surface area contributed by atoms with Crippen molar-refractivity contribution in [3.63, 3.8) is 0 Å². The van der Waals surface area contributed by atoms with Gasteiger partial charge in [-0.3, -0.25) is 10.1 Å². The normalized spacial score (nSPS) is 21.0. The number of halogens is 2. The molecule has 0 radical (unpaired) electrons. The number of ether oxygens (including phenoxy) is 1. The minimum Gasteiger partial charge on any atom is -0.360 e. The van der Waals surface area contributed by atoms with Gasteiger partial charge >= 0.3 is 0 Å². The van der Waals surface area contributed by atoms with Gasteiger partial charge in [-0.05, 0) is 24.0 Å². The summed E-state index contributed by atoms with van der Waals surface area (Å²) in [5.74, 6) is -4.67. The van der Waals surface area contributed by atoms with Crippen molar-refractivity contribution in [1.82, 2.24) is 0 Å². The topological polar surface area (TPSA) is 102 Å². The Morgan fingerprint density at radius 1 is 1.55 bits per heavy atom. The van der Waals surface area contributed by atoms with E-state index in [1.54, 1.807) is 6.07 Å². The molecule has 1 aliphatic carbocycles. The molecule has 1 unspecified atom stereocenters. The molecule has 1 aromatic rings. The van der Waals surface area contributed by atoms with Crippen molar-refractivity contribution in [2.24, 2.45) is 5.73 Å². The maximum atomic E-state index is 14.4. The molecular weight excluding hydrogens is 296 g/mol. The van der Waals surface area contributed by atoms with Crippen LogP contribution in [0.5, 0.6) is 0 Å². The molecule has 1 aromatic carbocycles. The lowest BCUT2D eigenvalue weighted by Crippen LogP contribution is -2.45. The minimum absolute atomic E-state index is 0.193. The predicted molar refractivity (Wildman–Crippen MR) is 73.5 cm³/mol. The lowest BCUT2D eigenvalue weighted by molar-refractivity contribution is -0.385. The Bertz CT molecular complexity index is 616. The van der Waals surface area contributed by atoms with Gasteiger partial charge in [0.2, 0.25) is 0 Å². The first kappa shape index (κ1) is 16.3. The Balaban J connectivity index is 2.37. The molecule has 2 N–H and O–H groups in total. The van der Waals surface area contributed by atoms with E-state index in [2.05, 4.69) is 4.74 Å². The number of rotatable bonds is 5. The number of non-ortho nitro benzene ring substituents is 1. The highest BCUT2D eigenvalue weighted by molar-refractivity contribution is 5.45. The van der Waals surface area contributed by atoms with Crippen LogP contribution < -0.4 is 5.73 Å². The van der Waals surface area contributed by atoms with E-state index >= 15 is 0 Å². The number of hydrogen-bond donors (Lipinski definition) is 1. The number of nitriles is 1. The van der Waals surface area contributed by atoms with E-state index in [0.717, 1.165) is 6.07 Å². The van der Waals surface area contributed by atoms with Crippen LogP contribution in [0.25, 0.3) is 0 Å². The molecule has 0 saturated carbocycles. The van der Waals surface area contributed by atoms with Crippen LogP contribution in [0.4, 0.5) is 14.5 Å². The highest BCUT2D eigenvalue weighted by Crippen LogP contribution is 2.43. The summed E-state index contributed by atoms with van der Waals surface area (Å²) in [6.07, 6.45) is 0.865. The van der Waals surface area contributed by atoms with Crippen LogP contribution in [-0.2, 0) is 11.2 Å². The van der Waals surface area contributed by atoms with Gasteiger partial charge in [-0.15, -0.1) is 0 Å². The predicted octanol–water partition coefficient (Wildman–Crippen LogP) is 2.13. The number of aryl methyl sites for hydroxylation is 1. The zero-order valence-electron chi connectivity index (χ0n) is 11.7. The smallest absolute Gasteiger partial charge is 0.279 e. The van der Waals surface area contributed by atoms with Crippen molar-refractivity contribution in [3.8, 4) is 6.07 Å². The maximum Gasteiger partial charge on any atom is 0.279 e. The average molecular weight is 311 g/mol. The van der Waals surface area contributed by atoms with E-state index in [4.69, 9.17) is 11.0 Å². The van der Waals surface area contributed by atoms with Gasteiger partial charge in [0.1, 0.15) is 13.2 Å². The van der Waals surface area contributed by atoms with Crippen molar-refractivity contribution in [3.05, 3.63) is 39.4 Å². The van der Waals surface area contributed by atoms with Crippen LogP contribution in [0, 0.1) is 21.4 Å². The summed E-state index contributed by atoms with van der Waals surface area (Å²) in [7, 11) is 0. The van der Waals surface area contributed by atoms with E-state index in [1.807, 2.05) is 0 Å². The number of benzene rings is 1. The van der Waals surface area contributed by atoms with E-state index in [9.17, 15) is 18.9 Å². The van der Waals surface area contributed by atoms with Gasteiger partial charge in [0, 0.05) is 18.2 Å². The monoisotopic (exact) mass is 311 g/mol. The van der Waals surface area contributed by atoms with Crippen LogP contribution in [0.1, 0.15) is 23.5 Å². The molecule has 0 spiro atoms. The summed E-state index contributed by atoms with van der Waals surface area (Å²) >= 11 is 0. The first-order valence-electron chi connectivity index (χ1n) is 6.72. The Morgan fingerprint density at radius 3 is 2.91 bits per heavy atom. The highest BCUT2D eigenvalue weighted by atomic mass is 19.3. The van der Waals surface area contributed by atoms with Crippen molar-refractivity contribution in [1.29, 1.82) is 5.26 Å². The standard InChI is InChI=1S/C14H15F2N3O3/c15-14(16,8-22-6-5-17)13-11-7-10(19(20)21)3-1-9(11)2-4-12(13)18/h1,3,7,12-13H,2,4,6,8,18H2/t12-,13?/m1/s1. The second-order valence-corrected chi connectivity index (χ2v) is 5.23. The number of hydrogen-bond acceptors (Lipinski definition) is 5. The fourth-order valence-corrected chi connectivity index (χ4v) is 2.80. The quantitative estimate of drug-likeness (QED) is 0.510. The number of alkyl halides is 2. The van der Waals surface area contributed by atoms with E-state index < -0.39 is 36.0 Å². The van der Waals surface area contributed by atoms with E-state index in [1.165, 1.54) is 12.1 Å². The molecule has 0 aliphatic heterocycles. The fourth-order valence-electron chi connectivity index (χ4n) is 2.80. The summed E-state index contributed by atoms with van der Waals surface area (Å²) in [4.78, 5) is 10.2. The van der Waals surface area contributed by atoms with Crippen LogP contribution >= 0.6 is 0 Å². The van der Waals surface area contributed by atoms with Gasteiger partial charge in [-0.2, -0.15) is 5.26 Å². The molecule has 0 saturated heterocycles. The molecule has 0 amide bonds. The summed E-state index contributed by atoms with van der Waals surface area (Å²) in [6.45, 7) is -1.39. The molecule has 8 heteroatoms. The molecule has 0 fully saturated rings. The minimum atomic E-state index is -3.30. The van der Waals surface area contributed by atoms with E-state index in [-0.39, 0.29) is 11.3 Å². The fraction of sp³-hybridized carbons (Fsp3) is 0.500. The van der Waals surface area contributed by atoms with Crippen LogP contribution in [0.2, 0.25) is 0 Å². The van der Waals surface area contributed by atoms with E-state index in [0.29, 0.717) is 18.4 Å². The van der Waals surface area contributed by atoms with Crippen molar-refractivity contribution in [2.75, 3.05) is 13.2 Å². The van der Waals surface area contributed by atoms with Crippen molar-refractivity contribution >= 4 is 5.69 Å². The number of nitro benzene ring substituents is 1. The Morgan fingerprint density at radius 2 is 2.27 bits per heavy atom.